The summed E-state index contributed by atoms with van der Waals surface area (Å²) in [6.07, 6.45) is 0. The van der Waals surface area contributed by atoms with Gasteiger partial charge in [-0.3, -0.25) is 4.79 Å². The summed E-state index contributed by atoms with van der Waals surface area (Å²) in [5, 5.41) is 2.96. The van der Waals surface area contributed by atoms with Crippen molar-refractivity contribution in [3.05, 3.63) is 65.3 Å². The first kappa shape index (κ1) is 18.4. The van der Waals surface area contributed by atoms with Crippen molar-refractivity contribution in [3.63, 3.8) is 0 Å². The van der Waals surface area contributed by atoms with Crippen molar-refractivity contribution in [3.8, 4) is 17.0 Å². The number of halogens is 1. The summed E-state index contributed by atoms with van der Waals surface area (Å²) >= 11 is 1.58. The maximum absolute atomic E-state index is 13.9. The first-order valence-corrected chi connectivity index (χ1v) is 9.92. The summed E-state index contributed by atoms with van der Waals surface area (Å²) in [6, 6.07) is 13.9. The average molecular weight is 397 g/mol. The second-order valence-corrected chi connectivity index (χ2v) is 7.34. The van der Waals surface area contributed by atoms with Crippen molar-refractivity contribution < 1.29 is 13.9 Å². The van der Waals surface area contributed by atoms with Crippen LogP contribution in [0.15, 0.2) is 53.9 Å². The Morgan fingerprint density at radius 1 is 1.11 bits per heavy atom. The van der Waals surface area contributed by atoms with Crippen LogP contribution in [-0.4, -0.2) is 49.1 Å². The van der Waals surface area contributed by atoms with Gasteiger partial charge in [0.05, 0.1) is 18.4 Å². The first-order valence-electron chi connectivity index (χ1n) is 9.04. The van der Waals surface area contributed by atoms with Crippen LogP contribution in [0, 0.1) is 5.82 Å². The zero-order valence-corrected chi connectivity index (χ0v) is 16.3. The van der Waals surface area contributed by atoms with Gasteiger partial charge < -0.3 is 14.5 Å². The number of rotatable bonds is 4. The second kappa shape index (κ2) is 7.98. The Morgan fingerprint density at radius 2 is 1.89 bits per heavy atom. The molecule has 0 spiro atoms. The van der Waals surface area contributed by atoms with Gasteiger partial charge in [0.1, 0.15) is 11.6 Å². The number of nitrogens with zero attached hydrogens (tertiary/aromatic N) is 3. The van der Waals surface area contributed by atoms with Crippen LogP contribution in [0.3, 0.4) is 0 Å². The van der Waals surface area contributed by atoms with Gasteiger partial charge in [-0.1, -0.05) is 24.3 Å². The van der Waals surface area contributed by atoms with Crippen LogP contribution in [0.25, 0.3) is 11.3 Å². The van der Waals surface area contributed by atoms with Gasteiger partial charge in [0, 0.05) is 37.1 Å². The van der Waals surface area contributed by atoms with E-state index in [1.807, 2.05) is 29.6 Å². The third-order valence-corrected chi connectivity index (χ3v) is 5.70. The molecule has 2 aromatic carbocycles. The highest BCUT2D eigenvalue weighted by Gasteiger charge is 2.25. The molecule has 1 aliphatic rings. The number of amides is 1. The van der Waals surface area contributed by atoms with Crippen molar-refractivity contribution in [2.75, 3.05) is 38.2 Å². The van der Waals surface area contributed by atoms with Crippen LogP contribution in [0.2, 0.25) is 0 Å². The number of carbonyl (C=O) groups excluding carboxylic acids is 1. The lowest BCUT2D eigenvalue weighted by Crippen LogP contribution is -2.49. The Labute approximate surface area is 167 Å². The Bertz CT molecular complexity index is 983. The topological polar surface area (TPSA) is 45.7 Å². The molecule has 1 amide bonds. The molecule has 0 saturated carbocycles. The number of piperazine rings is 1. The van der Waals surface area contributed by atoms with E-state index in [1.54, 1.807) is 35.5 Å². The van der Waals surface area contributed by atoms with Gasteiger partial charge in [-0.2, -0.15) is 0 Å². The number of aromatic nitrogens is 1. The number of methoxy groups -OCH3 is 1. The fraction of sp³-hybridized carbons (Fsp3) is 0.238. The number of carbonyl (C=O) groups is 1. The molecule has 0 aliphatic carbocycles. The van der Waals surface area contributed by atoms with Gasteiger partial charge in [-0.05, 0) is 24.3 Å². The number of anilines is 1. The molecular formula is C21H20FN3O2S. The Morgan fingerprint density at radius 3 is 2.64 bits per heavy atom. The van der Waals surface area contributed by atoms with Crippen LogP contribution in [0.4, 0.5) is 9.52 Å². The van der Waals surface area contributed by atoms with Gasteiger partial charge in [-0.15, -0.1) is 11.3 Å². The number of thiazole rings is 1. The SMILES string of the molecule is COc1cccc(-c2csc(N3CCN(C(=O)c4ccccc4F)CC3)n2)c1. The van der Waals surface area contributed by atoms with Crippen LogP contribution in [0.5, 0.6) is 5.75 Å². The van der Waals surface area contributed by atoms with E-state index in [4.69, 9.17) is 9.72 Å². The van der Waals surface area contributed by atoms with Crippen LogP contribution in [0.1, 0.15) is 10.4 Å². The van der Waals surface area contributed by atoms with Crippen LogP contribution >= 0.6 is 11.3 Å². The molecule has 3 aromatic rings. The normalized spacial score (nSPS) is 14.2. The summed E-state index contributed by atoms with van der Waals surface area (Å²) in [5.41, 5.74) is 2.05. The number of ether oxygens (including phenoxy) is 1. The first-order chi connectivity index (χ1) is 13.7. The van der Waals surface area contributed by atoms with Crippen molar-refractivity contribution in [1.29, 1.82) is 0 Å². The zero-order valence-electron chi connectivity index (χ0n) is 15.5. The molecule has 144 valence electrons. The second-order valence-electron chi connectivity index (χ2n) is 6.51. The van der Waals surface area contributed by atoms with Crippen LogP contribution < -0.4 is 9.64 Å². The minimum atomic E-state index is -0.474. The third kappa shape index (κ3) is 3.71. The highest BCUT2D eigenvalue weighted by atomic mass is 32.1. The quantitative estimate of drug-likeness (QED) is 0.669. The standard InChI is InChI=1S/C21H20FN3O2S/c1-27-16-6-4-5-15(13-16)19-14-28-21(23-19)25-11-9-24(10-12-25)20(26)17-7-2-3-8-18(17)22/h2-8,13-14H,9-12H2,1H3. The molecule has 0 radical (unpaired) electrons. The van der Waals surface area contributed by atoms with Crippen molar-refractivity contribution in [1.82, 2.24) is 9.88 Å². The lowest BCUT2D eigenvalue weighted by molar-refractivity contribution is 0.0742. The smallest absolute Gasteiger partial charge is 0.256 e. The average Bonchev–Trinajstić information content (AvgIpc) is 3.24. The fourth-order valence-corrected chi connectivity index (χ4v) is 4.12. The fourth-order valence-electron chi connectivity index (χ4n) is 3.23. The Balaban J connectivity index is 1.42. The molecule has 0 N–H and O–H groups in total. The zero-order chi connectivity index (χ0) is 19.5. The third-order valence-electron chi connectivity index (χ3n) is 4.80. The van der Waals surface area contributed by atoms with E-state index < -0.39 is 5.82 Å². The van der Waals surface area contributed by atoms with E-state index in [-0.39, 0.29) is 11.5 Å². The van der Waals surface area contributed by atoms with E-state index in [0.29, 0.717) is 26.2 Å². The lowest BCUT2D eigenvalue weighted by Gasteiger charge is -2.34. The monoisotopic (exact) mass is 397 g/mol. The van der Waals surface area contributed by atoms with Crippen molar-refractivity contribution in [2.45, 2.75) is 0 Å². The van der Waals surface area contributed by atoms with E-state index in [2.05, 4.69) is 4.90 Å². The molecular weight excluding hydrogens is 377 g/mol. The number of hydrogen-bond donors (Lipinski definition) is 0. The summed E-state index contributed by atoms with van der Waals surface area (Å²) in [7, 11) is 1.65. The minimum absolute atomic E-state index is 0.130. The molecule has 5 nitrogen and oxygen atoms in total. The highest BCUT2D eigenvalue weighted by molar-refractivity contribution is 7.14. The molecule has 2 heterocycles. The number of benzene rings is 2. The van der Waals surface area contributed by atoms with Gasteiger partial charge in [-0.25, -0.2) is 9.37 Å². The largest absolute Gasteiger partial charge is 0.497 e. The predicted octanol–water partition coefficient (Wildman–Crippen LogP) is 3.92. The van der Waals surface area contributed by atoms with E-state index >= 15 is 0 Å². The molecule has 28 heavy (non-hydrogen) atoms. The van der Waals surface area contributed by atoms with Gasteiger partial charge >= 0.3 is 0 Å². The molecule has 1 aliphatic heterocycles. The van der Waals surface area contributed by atoms with Gasteiger partial charge in [0.15, 0.2) is 5.13 Å². The summed E-state index contributed by atoms with van der Waals surface area (Å²) in [4.78, 5) is 21.2. The molecule has 0 unspecified atom stereocenters. The summed E-state index contributed by atoms with van der Waals surface area (Å²) in [6.45, 7) is 2.43. The van der Waals surface area contributed by atoms with E-state index in [1.165, 1.54) is 12.1 Å². The van der Waals surface area contributed by atoms with Crippen LogP contribution in [-0.2, 0) is 0 Å². The molecule has 1 aromatic heterocycles. The maximum atomic E-state index is 13.9. The van der Waals surface area contributed by atoms with E-state index in [0.717, 1.165) is 22.1 Å². The minimum Gasteiger partial charge on any atom is -0.497 e. The molecule has 0 bridgehead atoms. The Hall–Kier alpha value is -2.93. The molecule has 7 heteroatoms. The molecule has 1 fully saturated rings. The Kier molecular flexibility index (Phi) is 5.25. The lowest BCUT2D eigenvalue weighted by atomic mass is 10.1. The number of hydrogen-bond acceptors (Lipinski definition) is 5. The van der Waals surface area contributed by atoms with Crippen molar-refractivity contribution >= 4 is 22.4 Å². The maximum Gasteiger partial charge on any atom is 0.256 e. The predicted molar refractivity (Wildman–Crippen MR) is 109 cm³/mol. The highest BCUT2D eigenvalue weighted by Crippen LogP contribution is 2.30. The van der Waals surface area contributed by atoms with E-state index in [9.17, 15) is 9.18 Å². The molecule has 4 rings (SSSR count). The van der Waals surface area contributed by atoms with Crippen molar-refractivity contribution in [2.24, 2.45) is 0 Å². The van der Waals surface area contributed by atoms with Gasteiger partial charge in [0.2, 0.25) is 0 Å². The summed E-state index contributed by atoms with van der Waals surface area (Å²) in [5.74, 6) is 0.0686. The molecule has 1 saturated heterocycles. The molecule has 0 atom stereocenters. The summed E-state index contributed by atoms with van der Waals surface area (Å²) < 4.78 is 19.2. The van der Waals surface area contributed by atoms with Gasteiger partial charge in [0.25, 0.3) is 5.91 Å².